The van der Waals surface area contributed by atoms with E-state index in [9.17, 15) is 18.0 Å². The first-order chi connectivity index (χ1) is 23.1. The molecule has 4 aromatic carbocycles. The van der Waals surface area contributed by atoms with Gasteiger partial charge in [-0.3, -0.25) is 13.9 Å². The minimum absolute atomic E-state index is 0.0177. The Morgan fingerprint density at radius 3 is 2.06 bits per heavy atom. The molecular weight excluding hydrogens is 630 g/mol. The number of nitrogens with zero attached hydrogens (tertiary/aromatic N) is 2. The van der Waals surface area contributed by atoms with Gasteiger partial charge in [-0.15, -0.1) is 0 Å². The normalized spacial score (nSPS) is 12.4. The summed E-state index contributed by atoms with van der Waals surface area (Å²) in [6, 6.07) is 28.0. The lowest BCUT2D eigenvalue weighted by atomic mass is 10.0. The van der Waals surface area contributed by atoms with Crippen LogP contribution in [0.1, 0.15) is 31.4 Å². The number of rotatable bonds is 16. The molecule has 0 spiro atoms. The Kier molecular flexibility index (Phi) is 12.5. The van der Waals surface area contributed by atoms with E-state index in [-0.39, 0.29) is 41.2 Å². The molecule has 0 aliphatic rings. The summed E-state index contributed by atoms with van der Waals surface area (Å²) in [5, 5.41) is 3.04. The number of carbonyl (C=O) groups is 2. The number of methoxy groups -OCH3 is 3. The van der Waals surface area contributed by atoms with Crippen molar-refractivity contribution >= 4 is 27.5 Å². The third-order valence-electron chi connectivity index (χ3n) is 8.04. The van der Waals surface area contributed by atoms with Gasteiger partial charge in [-0.25, -0.2) is 8.42 Å². The van der Waals surface area contributed by atoms with Crippen molar-refractivity contribution in [2.75, 3.05) is 32.2 Å². The van der Waals surface area contributed by atoms with Crippen molar-refractivity contribution < 1.29 is 32.2 Å². The minimum atomic E-state index is -4.32. The Hall–Kier alpha value is -5.03. The fourth-order valence-corrected chi connectivity index (χ4v) is 6.61. The maximum absolute atomic E-state index is 14.7. The number of nitrogens with one attached hydrogen (secondary N) is 1. The average molecular weight is 674 g/mol. The number of anilines is 1. The van der Waals surface area contributed by atoms with E-state index >= 15 is 0 Å². The Morgan fingerprint density at radius 1 is 0.771 bits per heavy atom. The van der Waals surface area contributed by atoms with Crippen molar-refractivity contribution in [3.8, 4) is 17.2 Å². The highest BCUT2D eigenvalue weighted by molar-refractivity contribution is 7.92. The predicted molar refractivity (Wildman–Crippen MR) is 186 cm³/mol. The molecule has 1 N–H and O–H groups in total. The van der Waals surface area contributed by atoms with Gasteiger partial charge >= 0.3 is 0 Å². The second-order valence-corrected chi connectivity index (χ2v) is 13.1. The van der Waals surface area contributed by atoms with Crippen LogP contribution < -0.4 is 23.8 Å². The zero-order valence-corrected chi connectivity index (χ0v) is 28.8. The standard InChI is InChI=1S/C37H43N3O7S/c1-6-27(2)38-37(42)34(24-28-13-8-7-9-14-28)39(25-29-15-12-16-31(23-29)46-4)36(41)26-40(33-17-10-11-18-35(33)47-5)48(43,44)32-21-19-30(45-3)20-22-32/h7-23,27,34H,6,24-26H2,1-5H3,(H,38,42)/t27-,34-/m0/s1. The molecule has 0 heterocycles. The number of hydrogen-bond donors (Lipinski definition) is 1. The van der Waals surface area contributed by atoms with Crippen molar-refractivity contribution in [1.82, 2.24) is 10.2 Å². The van der Waals surface area contributed by atoms with Gasteiger partial charge < -0.3 is 24.4 Å². The molecule has 11 heteroatoms. The Bertz CT molecular complexity index is 1770. The van der Waals surface area contributed by atoms with Crippen LogP contribution >= 0.6 is 0 Å². The average Bonchev–Trinajstić information content (AvgIpc) is 3.12. The van der Waals surface area contributed by atoms with Crippen LogP contribution in [-0.2, 0) is 32.6 Å². The van der Waals surface area contributed by atoms with Crippen LogP contribution in [0.2, 0.25) is 0 Å². The fraction of sp³-hybridized carbons (Fsp3) is 0.297. The Labute approximate surface area is 283 Å². The third kappa shape index (κ3) is 8.86. The number of hydrogen-bond acceptors (Lipinski definition) is 7. The van der Waals surface area contributed by atoms with Gasteiger partial charge in [0.1, 0.15) is 29.8 Å². The van der Waals surface area contributed by atoms with E-state index in [2.05, 4.69) is 5.32 Å². The van der Waals surface area contributed by atoms with Gasteiger partial charge in [0.05, 0.1) is 31.9 Å². The molecule has 10 nitrogen and oxygen atoms in total. The van der Waals surface area contributed by atoms with E-state index in [1.807, 2.05) is 50.2 Å². The number of amides is 2. The van der Waals surface area contributed by atoms with Crippen molar-refractivity contribution in [3.05, 3.63) is 114 Å². The van der Waals surface area contributed by atoms with Gasteiger partial charge in [-0.1, -0.05) is 61.5 Å². The summed E-state index contributed by atoms with van der Waals surface area (Å²) in [5.74, 6) is 0.403. The summed E-state index contributed by atoms with van der Waals surface area (Å²) in [5.41, 5.74) is 1.73. The lowest BCUT2D eigenvalue weighted by molar-refractivity contribution is -0.140. The van der Waals surface area contributed by atoms with E-state index in [0.717, 1.165) is 9.87 Å². The van der Waals surface area contributed by atoms with Crippen molar-refractivity contribution in [2.24, 2.45) is 0 Å². The molecule has 0 saturated heterocycles. The molecule has 0 bridgehead atoms. The topological polar surface area (TPSA) is 114 Å². The van der Waals surface area contributed by atoms with E-state index in [4.69, 9.17) is 14.2 Å². The molecule has 0 aliphatic carbocycles. The number of benzene rings is 4. The van der Waals surface area contributed by atoms with Gasteiger partial charge in [0, 0.05) is 19.0 Å². The smallest absolute Gasteiger partial charge is 0.264 e. The van der Waals surface area contributed by atoms with Gasteiger partial charge in [0.15, 0.2) is 0 Å². The summed E-state index contributed by atoms with van der Waals surface area (Å²) < 4.78 is 45.9. The first-order valence-electron chi connectivity index (χ1n) is 15.7. The zero-order chi connectivity index (χ0) is 34.7. The maximum atomic E-state index is 14.7. The lowest BCUT2D eigenvalue weighted by Crippen LogP contribution is -2.54. The summed E-state index contributed by atoms with van der Waals surface area (Å²) in [6.07, 6.45) is 0.897. The van der Waals surface area contributed by atoms with Crippen LogP contribution in [0, 0.1) is 0 Å². The van der Waals surface area contributed by atoms with Crippen LogP contribution in [0.15, 0.2) is 108 Å². The molecule has 254 valence electrons. The third-order valence-corrected chi connectivity index (χ3v) is 9.81. The summed E-state index contributed by atoms with van der Waals surface area (Å²) in [7, 11) is 0.152. The van der Waals surface area contributed by atoms with Crippen molar-refractivity contribution in [2.45, 2.75) is 50.2 Å². The maximum Gasteiger partial charge on any atom is 0.264 e. The van der Waals surface area contributed by atoms with Gasteiger partial charge in [-0.05, 0) is 73.0 Å². The van der Waals surface area contributed by atoms with Gasteiger partial charge in [0.2, 0.25) is 11.8 Å². The predicted octanol–water partition coefficient (Wildman–Crippen LogP) is 5.46. The Balaban J connectivity index is 1.84. The monoisotopic (exact) mass is 673 g/mol. The molecule has 4 aromatic rings. The molecule has 4 rings (SSSR count). The van der Waals surface area contributed by atoms with Crippen LogP contribution in [0.5, 0.6) is 17.2 Å². The Morgan fingerprint density at radius 2 is 1.42 bits per heavy atom. The molecule has 0 fully saturated rings. The van der Waals surface area contributed by atoms with Gasteiger partial charge in [0.25, 0.3) is 10.0 Å². The molecule has 48 heavy (non-hydrogen) atoms. The number of para-hydroxylation sites is 2. The molecule has 0 radical (unpaired) electrons. The van der Waals surface area contributed by atoms with Crippen LogP contribution in [0.3, 0.4) is 0 Å². The SMILES string of the molecule is CC[C@H](C)NC(=O)[C@H](Cc1ccccc1)N(Cc1cccc(OC)c1)C(=O)CN(c1ccccc1OC)S(=O)(=O)c1ccc(OC)cc1. The quantitative estimate of drug-likeness (QED) is 0.168. The first-order valence-corrected chi connectivity index (χ1v) is 17.1. The molecule has 2 amide bonds. The summed E-state index contributed by atoms with van der Waals surface area (Å²) in [6.45, 7) is 3.27. The van der Waals surface area contributed by atoms with Gasteiger partial charge in [-0.2, -0.15) is 0 Å². The van der Waals surface area contributed by atoms with E-state index < -0.39 is 28.5 Å². The number of ether oxygens (including phenoxy) is 3. The molecule has 2 atom stereocenters. The summed E-state index contributed by atoms with van der Waals surface area (Å²) >= 11 is 0. The molecule has 0 unspecified atom stereocenters. The highest BCUT2D eigenvalue weighted by Gasteiger charge is 2.36. The van der Waals surface area contributed by atoms with E-state index in [0.29, 0.717) is 23.5 Å². The fourth-order valence-electron chi connectivity index (χ4n) is 5.19. The van der Waals surface area contributed by atoms with Crippen molar-refractivity contribution in [3.63, 3.8) is 0 Å². The summed E-state index contributed by atoms with van der Waals surface area (Å²) in [4.78, 5) is 30.1. The first kappa shape index (κ1) is 35.8. The van der Waals surface area contributed by atoms with Crippen LogP contribution in [0.4, 0.5) is 5.69 Å². The second kappa shape index (κ2) is 16.7. The van der Waals surface area contributed by atoms with Crippen molar-refractivity contribution in [1.29, 1.82) is 0 Å². The zero-order valence-electron chi connectivity index (χ0n) is 28.0. The highest BCUT2D eigenvalue weighted by atomic mass is 32.2. The lowest BCUT2D eigenvalue weighted by Gasteiger charge is -2.34. The van der Waals surface area contributed by atoms with Crippen LogP contribution in [0.25, 0.3) is 0 Å². The number of carbonyl (C=O) groups excluding carboxylic acids is 2. The molecule has 0 saturated carbocycles. The second-order valence-electron chi connectivity index (χ2n) is 11.3. The highest BCUT2D eigenvalue weighted by Crippen LogP contribution is 2.33. The largest absolute Gasteiger partial charge is 0.497 e. The molecule has 0 aromatic heterocycles. The van der Waals surface area contributed by atoms with Crippen LogP contribution in [-0.4, -0.2) is 65.1 Å². The molecular formula is C37H43N3O7S. The number of sulfonamides is 1. The van der Waals surface area contributed by atoms with E-state index in [1.54, 1.807) is 61.7 Å². The minimum Gasteiger partial charge on any atom is -0.497 e. The molecule has 0 aliphatic heterocycles. The van der Waals surface area contributed by atoms with E-state index in [1.165, 1.54) is 31.3 Å².